The van der Waals surface area contributed by atoms with Crippen LogP contribution < -0.4 is 14.8 Å². The topological polar surface area (TPSA) is 67.8 Å². The Hall–Kier alpha value is -2.02. The standard InChI is InChI=1S/C21H24Cl2FNO4/c1-4-28-18-8-13(10-25-19(12(2)3)21(26)27)7-17(23)20(18)29-11-14-5-6-15(24)9-16(14)22/h5-9,12,19,25H,4,10-11H2,1-3H3,(H,26,27). The number of carboxylic acids is 1. The molecule has 1 unspecified atom stereocenters. The second kappa shape index (κ2) is 10.7. The van der Waals surface area contributed by atoms with Gasteiger partial charge in [0.1, 0.15) is 18.5 Å². The average molecular weight is 444 g/mol. The molecule has 2 aromatic carbocycles. The van der Waals surface area contributed by atoms with Gasteiger partial charge in [0.2, 0.25) is 0 Å². The maximum absolute atomic E-state index is 13.2. The van der Waals surface area contributed by atoms with Gasteiger partial charge in [-0.05, 0) is 42.7 Å². The zero-order valence-electron chi connectivity index (χ0n) is 16.5. The molecule has 2 aromatic rings. The zero-order valence-corrected chi connectivity index (χ0v) is 18.0. The number of ether oxygens (including phenoxy) is 2. The Morgan fingerprint density at radius 2 is 1.90 bits per heavy atom. The van der Waals surface area contributed by atoms with Crippen LogP contribution >= 0.6 is 23.2 Å². The van der Waals surface area contributed by atoms with E-state index >= 15 is 0 Å². The van der Waals surface area contributed by atoms with Gasteiger partial charge in [-0.15, -0.1) is 0 Å². The van der Waals surface area contributed by atoms with E-state index in [0.717, 1.165) is 5.56 Å². The minimum Gasteiger partial charge on any atom is -0.490 e. The molecule has 2 N–H and O–H groups in total. The van der Waals surface area contributed by atoms with Crippen LogP contribution in [0.3, 0.4) is 0 Å². The predicted octanol–water partition coefficient (Wildman–Crippen LogP) is 5.31. The first-order valence-electron chi connectivity index (χ1n) is 9.21. The van der Waals surface area contributed by atoms with E-state index in [4.69, 9.17) is 32.7 Å². The van der Waals surface area contributed by atoms with E-state index in [0.29, 0.717) is 35.2 Å². The monoisotopic (exact) mass is 443 g/mol. The van der Waals surface area contributed by atoms with Crippen molar-refractivity contribution in [2.45, 2.75) is 40.0 Å². The lowest BCUT2D eigenvalue weighted by molar-refractivity contribution is -0.140. The fourth-order valence-corrected chi connectivity index (χ4v) is 3.26. The molecule has 0 fully saturated rings. The number of aliphatic carboxylic acids is 1. The van der Waals surface area contributed by atoms with Gasteiger partial charge in [0.05, 0.1) is 16.7 Å². The normalized spacial score (nSPS) is 12.1. The van der Waals surface area contributed by atoms with Crippen LogP contribution in [0.4, 0.5) is 4.39 Å². The van der Waals surface area contributed by atoms with Gasteiger partial charge in [-0.25, -0.2) is 4.39 Å². The molecule has 0 saturated carbocycles. The van der Waals surface area contributed by atoms with Gasteiger partial charge < -0.3 is 19.9 Å². The number of halogens is 3. The van der Waals surface area contributed by atoms with E-state index in [2.05, 4.69) is 5.32 Å². The Labute approximate surface area is 179 Å². The van der Waals surface area contributed by atoms with Crippen molar-refractivity contribution in [1.82, 2.24) is 5.32 Å². The minimum absolute atomic E-state index is 0.0719. The minimum atomic E-state index is -0.910. The highest BCUT2D eigenvalue weighted by molar-refractivity contribution is 6.32. The summed E-state index contributed by atoms with van der Waals surface area (Å²) in [5, 5.41) is 12.9. The second-order valence-electron chi connectivity index (χ2n) is 6.80. The van der Waals surface area contributed by atoms with Gasteiger partial charge in [0.25, 0.3) is 0 Å². The summed E-state index contributed by atoms with van der Waals surface area (Å²) in [6.45, 7) is 6.29. The van der Waals surface area contributed by atoms with Crippen LogP contribution in [0.15, 0.2) is 30.3 Å². The Morgan fingerprint density at radius 3 is 2.48 bits per heavy atom. The molecule has 0 heterocycles. The lowest BCUT2D eigenvalue weighted by atomic mass is 10.0. The first kappa shape index (κ1) is 23.3. The molecule has 0 spiro atoms. The largest absolute Gasteiger partial charge is 0.490 e. The van der Waals surface area contributed by atoms with Crippen molar-refractivity contribution in [2.24, 2.45) is 5.92 Å². The molecule has 1 atom stereocenters. The van der Waals surface area contributed by atoms with Crippen LogP contribution in [-0.2, 0) is 17.9 Å². The highest BCUT2D eigenvalue weighted by atomic mass is 35.5. The van der Waals surface area contributed by atoms with Crippen molar-refractivity contribution in [3.8, 4) is 11.5 Å². The van der Waals surface area contributed by atoms with Crippen LogP contribution in [0.1, 0.15) is 31.9 Å². The van der Waals surface area contributed by atoms with E-state index in [1.807, 2.05) is 20.8 Å². The maximum atomic E-state index is 13.2. The third kappa shape index (κ3) is 6.49. The smallest absolute Gasteiger partial charge is 0.320 e. The summed E-state index contributed by atoms with van der Waals surface area (Å²) in [6, 6.07) is 6.83. The number of carboxylic acid groups (broad SMARTS) is 1. The van der Waals surface area contributed by atoms with Crippen molar-refractivity contribution in [3.63, 3.8) is 0 Å². The van der Waals surface area contributed by atoms with Crippen LogP contribution in [0.5, 0.6) is 11.5 Å². The Kier molecular flexibility index (Phi) is 8.56. The van der Waals surface area contributed by atoms with Crippen molar-refractivity contribution >= 4 is 29.2 Å². The number of nitrogens with one attached hydrogen (secondary N) is 1. The predicted molar refractivity (Wildman–Crippen MR) is 111 cm³/mol. The summed E-state index contributed by atoms with van der Waals surface area (Å²) < 4.78 is 24.7. The van der Waals surface area contributed by atoms with E-state index in [9.17, 15) is 14.3 Å². The number of hydrogen-bond donors (Lipinski definition) is 2. The number of hydrogen-bond acceptors (Lipinski definition) is 4. The molecule has 0 aliphatic carbocycles. The number of benzene rings is 2. The molecule has 0 aliphatic heterocycles. The summed E-state index contributed by atoms with van der Waals surface area (Å²) in [5.41, 5.74) is 1.37. The van der Waals surface area contributed by atoms with Crippen molar-refractivity contribution < 1.29 is 23.8 Å². The summed E-state index contributed by atoms with van der Waals surface area (Å²) in [6.07, 6.45) is 0. The molecule has 2 rings (SSSR count). The van der Waals surface area contributed by atoms with E-state index in [1.165, 1.54) is 12.1 Å². The van der Waals surface area contributed by atoms with Crippen LogP contribution in [0.2, 0.25) is 10.0 Å². The van der Waals surface area contributed by atoms with Gasteiger partial charge in [-0.1, -0.05) is 43.1 Å². The number of carbonyl (C=O) groups is 1. The van der Waals surface area contributed by atoms with Crippen molar-refractivity contribution in [2.75, 3.05) is 6.61 Å². The summed E-state index contributed by atoms with van der Waals surface area (Å²) in [4.78, 5) is 11.4. The Morgan fingerprint density at radius 1 is 1.17 bits per heavy atom. The van der Waals surface area contributed by atoms with Gasteiger partial charge in [-0.2, -0.15) is 0 Å². The first-order valence-corrected chi connectivity index (χ1v) is 9.96. The van der Waals surface area contributed by atoms with Gasteiger partial charge in [-0.3, -0.25) is 4.79 Å². The van der Waals surface area contributed by atoms with E-state index < -0.39 is 17.8 Å². The molecule has 0 bridgehead atoms. The second-order valence-corrected chi connectivity index (χ2v) is 7.62. The Balaban J connectivity index is 2.19. The van der Waals surface area contributed by atoms with Crippen molar-refractivity contribution in [1.29, 1.82) is 0 Å². The molecular weight excluding hydrogens is 420 g/mol. The number of rotatable bonds is 10. The van der Waals surface area contributed by atoms with Crippen molar-refractivity contribution in [3.05, 3.63) is 57.3 Å². The zero-order chi connectivity index (χ0) is 21.6. The lowest BCUT2D eigenvalue weighted by Gasteiger charge is -2.19. The third-order valence-electron chi connectivity index (χ3n) is 4.22. The van der Waals surface area contributed by atoms with Gasteiger partial charge in [0.15, 0.2) is 11.5 Å². The molecule has 0 radical (unpaired) electrons. The molecule has 0 saturated heterocycles. The first-order chi connectivity index (χ1) is 13.7. The average Bonchev–Trinajstić information content (AvgIpc) is 2.62. The molecular formula is C21H24Cl2FNO4. The SMILES string of the molecule is CCOc1cc(CNC(C(=O)O)C(C)C)cc(Cl)c1OCc1ccc(F)cc1Cl. The highest BCUT2D eigenvalue weighted by Gasteiger charge is 2.21. The highest BCUT2D eigenvalue weighted by Crippen LogP contribution is 2.37. The molecule has 0 amide bonds. The third-order valence-corrected chi connectivity index (χ3v) is 4.85. The van der Waals surface area contributed by atoms with Crippen LogP contribution in [0, 0.1) is 11.7 Å². The van der Waals surface area contributed by atoms with Crippen LogP contribution in [0.25, 0.3) is 0 Å². The van der Waals surface area contributed by atoms with E-state index in [-0.39, 0.29) is 17.5 Å². The van der Waals surface area contributed by atoms with Gasteiger partial charge >= 0.3 is 5.97 Å². The Bertz CT molecular complexity index is 861. The summed E-state index contributed by atoms with van der Waals surface area (Å²) in [7, 11) is 0. The van der Waals surface area contributed by atoms with Gasteiger partial charge in [0, 0.05) is 12.1 Å². The molecule has 0 aromatic heterocycles. The fourth-order valence-electron chi connectivity index (χ4n) is 2.75. The molecule has 5 nitrogen and oxygen atoms in total. The molecule has 29 heavy (non-hydrogen) atoms. The molecule has 158 valence electrons. The molecule has 8 heteroatoms. The quantitative estimate of drug-likeness (QED) is 0.520. The lowest BCUT2D eigenvalue weighted by Crippen LogP contribution is -2.40. The summed E-state index contributed by atoms with van der Waals surface area (Å²) in [5.74, 6) is -0.628. The van der Waals surface area contributed by atoms with E-state index in [1.54, 1.807) is 18.2 Å². The van der Waals surface area contributed by atoms with Crippen LogP contribution in [-0.4, -0.2) is 23.7 Å². The molecule has 0 aliphatic rings. The fraction of sp³-hybridized carbons (Fsp3) is 0.381. The maximum Gasteiger partial charge on any atom is 0.320 e. The summed E-state index contributed by atoms with van der Waals surface area (Å²) >= 11 is 12.4.